The van der Waals surface area contributed by atoms with E-state index in [1.807, 2.05) is 36.4 Å². The molecule has 2 aromatic rings. The van der Waals surface area contributed by atoms with Crippen LogP contribution >= 0.6 is 0 Å². The Balaban J connectivity index is 0.00000159. The highest BCUT2D eigenvalue weighted by molar-refractivity contribution is 5.27. The number of nitrogens with two attached hydrogens (primary N) is 1. The van der Waals surface area contributed by atoms with Crippen molar-refractivity contribution in [3.63, 3.8) is 0 Å². The molecule has 0 aromatic heterocycles. The van der Waals surface area contributed by atoms with Gasteiger partial charge in [0.25, 0.3) is 0 Å². The van der Waals surface area contributed by atoms with Gasteiger partial charge in [0.05, 0.1) is 18.6 Å². The maximum Gasteiger partial charge on any atom is 0.0904 e. The normalized spacial score (nSPS) is 12.1. The molecule has 0 aliphatic heterocycles. The van der Waals surface area contributed by atoms with Crippen molar-refractivity contribution in [2.75, 3.05) is 6.54 Å². The SMILES string of the molecule is C=C(CCc1ccccc1)NC(CC(C)C)C(=C)NCC(=C)NC(C(=C)N)c1ccccc1.CC(C)C. The van der Waals surface area contributed by atoms with Crippen molar-refractivity contribution < 1.29 is 0 Å². The second kappa shape index (κ2) is 17.1. The zero-order chi connectivity index (χ0) is 27.8. The molecule has 0 saturated carbocycles. The van der Waals surface area contributed by atoms with Crippen molar-refractivity contribution in [2.24, 2.45) is 17.6 Å². The van der Waals surface area contributed by atoms with E-state index in [1.165, 1.54) is 5.56 Å². The lowest BCUT2D eigenvalue weighted by Gasteiger charge is -2.27. The van der Waals surface area contributed by atoms with Crippen LogP contribution in [0.5, 0.6) is 0 Å². The lowest BCUT2D eigenvalue weighted by Crippen LogP contribution is -2.38. The van der Waals surface area contributed by atoms with Crippen LogP contribution in [-0.2, 0) is 6.42 Å². The summed E-state index contributed by atoms with van der Waals surface area (Å²) in [5, 5.41) is 10.4. The smallest absolute Gasteiger partial charge is 0.0904 e. The number of hydrogen-bond acceptors (Lipinski definition) is 4. The van der Waals surface area contributed by atoms with Gasteiger partial charge in [0.2, 0.25) is 0 Å². The molecule has 5 N–H and O–H groups in total. The van der Waals surface area contributed by atoms with Gasteiger partial charge in [0, 0.05) is 22.8 Å². The Morgan fingerprint density at radius 2 is 1.32 bits per heavy atom. The van der Waals surface area contributed by atoms with Crippen molar-refractivity contribution in [2.45, 2.75) is 66.0 Å². The molecule has 2 unspecified atom stereocenters. The van der Waals surface area contributed by atoms with Gasteiger partial charge in [-0.15, -0.1) is 0 Å². The molecular weight excluding hydrogens is 452 g/mol. The fraction of sp³-hybridized carbons (Fsp3) is 0.394. The Morgan fingerprint density at radius 3 is 1.84 bits per heavy atom. The minimum atomic E-state index is -0.184. The third kappa shape index (κ3) is 14.1. The molecule has 37 heavy (non-hydrogen) atoms. The molecule has 0 saturated heterocycles. The Labute approximate surface area is 226 Å². The summed E-state index contributed by atoms with van der Waals surface area (Å²) >= 11 is 0. The minimum Gasteiger partial charge on any atom is -0.401 e. The van der Waals surface area contributed by atoms with Crippen molar-refractivity contribution >= 4 is 0 Å². The number of benzene rings is 2. The largest absolute Gasteiger partial charge is 0.401 e. The molecule has 0 bridgehead atoms. The van der Waals surface area contributed by atoms with Crippen LogP contribution in [0.1, 0.15) is 64.6 Å². The molecule has 0 spiro atoms. The van der Waals surface area contributed by atoms with Crippen LogP contribution in [-0.4, -0.2) is 12.6 Å². The molecule has 202 valence electrons. The van der Waals surface area contributed by atoms with E-state index in [0.29, 0.717) is 18.2 Å². The van der Waals surface area contributed by atoms with E-state index >= 15 is 0 Å². The van der Waals surface area contributed by atoms with Gasteiger partial charge < -0.3 is 21.7 Å². The third-order valence-electron chi connectivity index (χ3n) is 5.45. The number of allylic oxidation sites excluding steroid dienone is 1. The maximum absolute atomic E-state index is 6.05. The van der Waals surface area contributed by atoms with Gasteiger partial charge in [-0.2, -0.15) is 0 Å². The van der Waals surface area contributed by atoms with E-state index in [4.69, 9.17) is 5.73 Å². The summed E-state index contributed by atoms with van der Waals surface area (Å²) in [6, 6.07) is 20.4. The number of rotatable bonds is 15. The van der Waals surface area contributed by atoms with E-state index in [-0.39, 0.29) is 12.1 Å². The zero-order valence-corrected chi connectivity index (χ0v) is 23.8. The Bertz CT molecular complexity index is 958. The lowest BCUT2D eigenvalue weighted by molar-refractivity contribution is 0.464. The van der Waals surface area contributed by atoms with Crippen molar-refractivity contribution in [1.29, 1.82) is 0 Å². The molecule has 2 rings (SSSR count). The van der Waals surface area contributed by atoms with Gasteiger partial charge in [-0.05, 0) is 42.2 Å². The molecular formula is C33H50N4. The first-order chi connectivity index (χ1) is 17.5. The van der Waals surface area contributed by atoms with Crippen LogP contribution < -0.4 is 21.7 Å². The standard InChI is InChI=1S/C29H40N4.C4H10/c1-21(2)19-28(32-22(3)17-18-26-13-9-7-10-14-26)25(6)31-20-23(4)33-29(24(5)30)27-15-11-8-12-16-27;1-4(2)3/h7-16,21,28-29,31-33H,3-6,17-20,30H2,1-2H3;4H,1-3H3. The summed E-state index contributed by atoms with van der Waals surface area (Å²) in [5.74, 6) is 1.35. The second-order valence-electron chi connectivity index (χ2n) is 10.7. The van der Waals surface area contributed by atoms with Crippen LogP contribution in [0.4, 0.5) is 0 Å². The Morgan fingerprint density at radius 1 is 0.784 bits per heavy atom. The predicted molar refractivity (Wildman–Crippen MR) is 163 cm³/mol. The molecule has 0 amide bonds. The molecule has 0 fully saturated rings. The van der Waals surface area contributed by atoms with Crippen LogP contribution in [0.3, 0.4) is 0 Å². The van der Waals surface area contributed by atoms with Crippen molar-refractivity contribution in [3.05, 3.63) is 121 Å². The fourth-order valence-corrected chi connectivity index (χ4v) is 3.65. The first kappa shape index (κ1) is 31.6. The number of aryl methyl sites for hydroxylation is 1. The average Bonchev–Trinajstić information content (AvgIpc) is 2.84. The van der Waals surface area contributed by atoms with Gasteiger partial charge in [0.15, 0.2) is 0 Å². The summed E-state index contributed by atoms with van der Waals surface area (Å²) < 4.78 is 0. The van der Waals surface area contributed by atoms with E-state index < -0.39 is 0 Å². The molecule has 0 aliphatic rings. The highest BCUT2D eigenvalue weighted by Gasteiger charge is 2.17. The van der Waals surface area contributed by atoms with Crippen LogP contribution in [0, 0.1) is 11.8 Å². The summed E-state index contributed by atoms with van der Waals surface area (Å²) in [5.41, 5.74) is 11.7. The van der Waals surface area contributed by atoms with Crippen LogP contribution in [0.2, 0.25) is 0 Å². The Hall–Kier alpha value is -3.40. The van der Waals surface area contributed by atoms with Crippen LogP contribution in [0.25, 0.3) is 0 Å². The van der Waals surface area contributed by atoms with Crippen molar-refractivity contribution in [3.8, 4) is 0 Å². The topological polar surface area (TPSA) is 62.1 Å². The summed E-state index contributed by atoms with van der Waals surface area (Å²) in [4.78, 5) is 0. The van der Waals surface area contributed by atoms with Gasteiger partial charge in [0.1, 0.15) is 0 Å². The molecule has 2 aromatic carbocycles. The minimum absolute atomic E-state index is 0.0930. The Kier molecular flexibility index (Phi) is 14.6. The van der Waals surface area contributed by atoms with Gasteiger partial charge in [-0.1, -0.05) is 122 Å². The van der Waals surface area contributed by atoms with E-state index in [0.717, 1.165) is 47.8 Å². The van der Waals surface area contributed by atoms with E-state index in [2.05, 4.69) is 101 Å². The summed E-state index contributed by atoms with van der Waals surface area (Å²) in [6.45, 7) is 28.1. The second-order valence-corrected chi connectivity index (χ2v) is 10.7. The quantitative estimate of drug-likeness (QED) is 0.208. The maximum atomic E-state index is 6.05. The third-order valence-corrected chi connectivity index (χ3v) is 5.45. The first-order valence-electron chi connectivity index (χ1n) is 13.3. The monoisotopic (exact) mass is 502 g/mol. The lowest BCUT2D eigenvalue weighted by atomic mass is 10.0. The van der Waals surface area contributed by atoms with Gasteiger partial charge >= 0.3 is 0 Å². The van der Waals surface area contributed by atoms with E-state index in [9.17, 15) is 0 Å². The summed E-state index contributed by atoms with van der Waals surface area (Å²) in [6.07, 6.45) is 2.81. The highest BCUT2D eigenvalue weighted by Crippen LogP contribution is 2.18. The molecule has 4 nitrogen and oxygen atoms in total. The molecule has 0 radical (unpaired) electrons. The highest BCUT2D eigenvalue weighted by atomic mass is 15.0. The average molecular weight is 503 g/mol. The van der Waals surface area contributed by atoms with Gasteiger partial charge in [-0.3, -0.25) is 0 Å². The number of nitrogens with one attached hydrogen (secondary N) is 3. The zero-order valence-electron chi connectivity index (χ0n) is 23.8. The van der Waals surface area contributed by atoms with E-state index in [1.54, 1.807) is 0 Å². The first-order valence-corrected chi connectivity index (χ1v) is 13.3. The van der Waals surface area contributed by atoms with Gasteiger partial charge in [-0.25, -0.2) is 0 Å². The van der Waals surface area contributed by atoms with Crippen LogP contribution in [0.15, 0.2) is 110 Å². The molecule has 0 heterocycles. The number of hydrogen-bond donors (Lipinski definition) is 4. The molecule has 4 heteroatoms. The van der Waals surface area contributed by atoms with Crippen molar-refractivity contribution in [1.82, 2.24) is 16.0 Å². The summed E-state index contributed by atoms with van der Waals surface area (Å²) in [7, 11) is 0. The molecule has 2 atom stereocenters. The predicted octanol–water partition coefficient (Wildman–Crippen LogP) is 7.22. The molecule has 0 aliphatic carbocycles. The fourth-order valence-electron chi connectivity index (χ4n) is 3.65.